The maximum absolute atomic E-state index is 12.2. The minimum Gasteiger partial charge on any atom is -0.382 e. The van der Waals surface area contributed by atoms with E-state index in [1.54, 1.807) is 24.3 Å². The van der Waals surface area contributed by atoms with Crippen LogP contribution in [0.5, 0.6) is 0 Å². The lowest BCUT2D eigenvalue weighted by Gasteiger charge is -2.15. The summed E-state index contributed by atoms with van der Waals surface area (Å²) >= 11 is 0. The van der Waals surface area contributed by atoms with Crippen molar-refractivity contribution in [1.82, 2.24) is 9.55 Å². The molecule has 0 aliphatic heterocycles. The fourth-order valence-electron chi connectivity index (χ4n) is 1.45. The Balaban J connectivity index is 2.28. The van der Waals surface area contributed by atoms with Crippen molar-refractivity contribution in [2.45, 2.75) is 18.8 Å². The fraction of sp³-hybridized carbons (Fsp3) is 0.300. The zero-order valence-corrected chi connectivity index (χ0v) is 8.15. The normalized spacial score (nSPS) is 14.2. The molecule has 2 rings (SSSR count). The van der Waals surface area contributed by atoms with Crippen LogP contribution in [0.3, 0.4) is 0 Å². The lowest BCUT2D eigenvalue weighted by atomic mass is 10.3. The van der Waals surface area contributed by atoms with Crippen molar-refractivity contribution in [1.29, 1.82) is 0 Å². The summed E-state index contributed by atoms with van der Waals surface area (Å²) in [5.74, 6) is 0. The van der Waals surface area contributed by atoms with Gasteiger partial charge in [-0.05, 0) is 12.1 Å². The number of rotatable bonds is 2. The Kier molecular flexibility index (Phi) is 2.59. The number of hydrogen-bond acceptors (Lipinski definition) is 2. The molecule has 0 saturated heterocycles. The summed E-state index contributed by atoms with van der Waals surface area (Å²) < 4.78 is 37.8. The van der Waals surface area contributed by atoms with Gasteiger partial charge in [0.1, 0.15) is 0 Å². The first-order chi connectivity index (χ1) is 7.48. The van der Waals surface area contributed by atoms with Crippen molar-refractivity contribution in [3.8, 4) is 0 Å². The topological polar surface area (TPSA) is 38.0 Å². The van der Waals surface area contributed by atoms with Crippen LogP contribution < -0.4 is 0 Å². The molecule has 0 aliphatic carbocycles. The number of benzene rings is 1. The van der Waals surface area contributed by atoms with Crippen LogP contribution >= 0.6 is 0 Å². The molecular formula is C10H9F3N2O. The molecule has 1 heterocycles. The van der Waals surface area contributed by atoms with E-state index in [2.05, 4.69) is 4.98 Å². The van der Waals surface area contributed by atoms with Gasteiger partial charge >= 0.3 is 6.18 Å². The third-order valence-corrected chi connectivity index (χ3v) is 2.27. The van der Waals surface area contributed by atoms with Crippen LogP contribution in [0, 0.1) is 0 Å². The van der Waals surface area contributed by atoms with Crippen molar-refractivity contribution >= 4 is 11.0 Å². The standard InChI is InChI=1S/C10H9F3N2O/c11-10(12,13)9(16)5-15-6-14-7-3-1-2-4-8(7)15/h1-4,6,9,16H,5H2/t9-/m0/s1. The van der Waals surface area contributed by atoms with E-state index in [0.29, 0.717) is 11.0 Å². The number of halogens is 3. The van der Waals surface area contributed by atoms with Crippen molar-refractivity contribution in [3.63, 3.8) is 0 Å². The van der Waals surface area contributed by atoms with Crippen molar-refractivity contribution < 1.29 is 18.3 Å². The molecule has 2 aromatic rings. The van der Waals surface area contributed by atoms with Crippen LogP contribution in [-0.4, -0.2) is 26.9 Å². The number of imidazole rings is 1. The van der Waals surface area contributed by atoms with E-state index in [-0.39, 0.29) is 0 Å². The van der Waals surface area contributed by atoms with Crippen LogP contribution in [0.25, 0.3) is 11.0 Å². The summed E-state index contributed by atoms with van der Waals surface area (Å²) in [6.45, 7) is -0.538. The number of aromatic nitrogens is 2. The van der Waals surface area contributed by atoms with Gasteiger partial charge in [0.15, 0.2) is 6.10 Å². The van der Waals surface area contributed by atoms with Gasteiger partial charge in [-0.15, -0.1) is 0 Å². The molecule has 0 fully saturated rings. The highest BCUT2D eigenvalue weighted by Gasteiger charge is 2.38. The van der Waals surface area contributed by atoms with Crippen LogP contribution in [0.1, 0.15) is 0 Å². The molecule has 3 nitrogen and oxygen atoms in total. The number of hydrogen-bond donors (Lipinski definition) is 1. The maximum atomic E-state index is 12.2. The van der Waals surface area contributed by atoms with Crippen molar-refractivity contribution in [3.05, 3.63) is 30.6 Å². The zero-order chi connectivity index (χ0) is 11.8. The van der Waals surface area contributed by atoms with Gasteiger partial charge in [-0.1, -0.05) is 12.1 Å². The summed E-state index contributed by atoms with van der Waals surface area (Å²) in [7, 11) is 0. The van der Waals surface area contributed by atoms with Gasteiger partial charge < -0.3 is 9.67 Å². The molecular weight excluding hydrogens is 221 g/mol. The van der Waals surface area contributed by atoms with Gasteiger partial charge in [0, 0.05) is 0 Å². The second kappa shape index (κ2) is 3.79. The molecule has 0 saturated carbocycles. The Hall–Kier alpha value is -1.56. The minimum absolute atomic E-state index is 0.538. The molecule has 16 heavy (non-hydrogen) atoms. The number of fused-ring (bicyclic) bond motifs is 1. The Morgan fingerprint density at radius 2 is 2.00 bits per heavy atom. The summed E-state index contributed by atoms with van der Waals surface area (Å²) in [5, 5.41) is 8.94. The van der Waals surface area contributed by atoms with E-state index in [1.807, 2.05) is 0 Å². The van der Waals surface area contributed by atoms with E-state index in [1.165, 1.54) is 10.9 Å². The molecule has 0 spiro atoms. The second-order valence-corrected chi connectivity index (χ2v) is 3.44. The molecule has 1 atom stereocenters. The van der Waals surface area contributed by atoms with E-state index < -0.39 is 18.8 Å². The zero-order valence-electron chi connectivity index (χ0n) is 8.15. The second-order valence-electron chi connectivity index (χ2n) is 3.44. The summed E-state index contributed by atoms with van der Waals surface area (Å²) in [6.07, 6.45) is -5.68. The molecule has 0 amide bonds. The minimum atomic E-state index is -4.61. The number of para-hydroxylation sites is 2. The first kappa shape index (κ1) is 10.9. The SMILES string of the molecule is O[C@@H](Cn1cnc2ccccc21)C(F)(F)F. The number of aliphatic hydroxyl groups excluding tert-OH is 1. The smallest absolute Gasteiger partial charge is 0.382 e. The van der Waals surface area contributed by atoms with Crippen molar-refractivity contribution in [2.24, 2.45) is 0 Å². The Labute approximate surface area is 89.1 Å². The van der Waals surface area contributed by atoms with Crippen LogP contribution in [-0.2, 0) is 6.54 Å². The van der Waals surface area contributed by atoms with E-state index >= 15 is 0 Å². The Bertz CT molecular complexity index is 492. The largest absolute Gasteiger partial charge is 0.416 e. The average molecular weight is 230 g/mol. The molecule has 6 heteroatoms. The highest BCUT2D eigenvalue weighted by atomic mass is 19.4. The summed E-state index contributed by atoms with van der Waals surface area (Å²) in [4.78, 5) is 3.94. The van der Waals surface area contributed by atoms with Crippen molar-refractivity contribution in [2.75, 3.05) is 0 Å². The lowest BCUT2D eigenvalue weighted by Crippen LogP contribution is -2.32. The predicted molar refractivity (Wildman–Crippen MR) is 51.8 cm³/mol. The monoisotopic (exact) mass is 230 g/mol. The van der Waals surface area contributed by atoms with Gasteiger partial charge in [0.25, 0.3) is 0 Å². The molecule has 0 radical (unpaired) electrons. The maximum Gasteiger partial charge on any atom is 0.416 e. The number of nitrogens with zero attached hydrogens (tertiary/aromatic N) is 2. The quantitative estimate of drug-likeness (QED) is 0.856. The third kappa shape index (κ3) is 2.01. The lowest BCUT2D eigenvalue weighted by molar-refractivity contribution is -0.207. The summed E-state index contributed by atoms with van der Waals surface area (Å²) in [5.41, 5.74) is 1.18. The molecule has 0 unspecified atom stereocenters. The fourth-order valence-corrected chi connectivity index (χ4v) is 1.45. The highest BCUT2D eigenvalue weighted by Crippen LogP contribution is 2.22. The molecule has 1 N–H and O–H groups in total. The van der Waals surface area contributed by atoms with E-state index in [9.17, 15) is 13.2 Å². The molecule has 0 bridgehead atoms. The number of aliphatic hydroxyl groups is 1. The first-order valence-corrected chi connectivity index (χ1v) is 4.63. The summed E-state index contributed by atoms with van der Waals surface area (Å²) in [6, 6.07) is 6.82. The number of alkyl halides is 3. The van der Waals surface area contributed by atoms with Gasteiger partial charge in [-0.25, -0.2) is 4.98 Å². The van der Waals surface area contributed by atoms with Crippen LogP contribution in [0.2, 0.25) is 0 Å². The van der Waals surface area contributed by atoms with Gasteiger partial charge in [-0.3, -0.25) is 0 Å². The molecule has 86 valence electrons. The molecule has 1 aromatic carbocycles. The van der Waals surface area contributed by atoms with Gasteiger partial charge in [-0.2, -0.15) is 13.2 Å². The Morgan fingerprint density at radius 1 is 1.31 bits per heavy atom. The van der Waals surface area contributed by atoms with Gasteiger partial charge in [0.2, 0.25) is 0 Å². The average Bonchev–Trinajstić information content (AvgIpc) is 2.61. The highest BCUT2D eigenvalue weighted by molar-refractivity contribution is 5.74. The van der Waals surface area contributed by atoms with E-state index in [4.69, 9.17) is 5.11 Å². The van der Waals surface area contributed by atoms with Crippen LogP contribution in [0.4, 0.5) is 13.2 Å². The Morgan fingerprint density at radius 3 is 2.69 bits per heavy atom. The predicted octanol–water partition coefficient (Wildman–Crippen LogP) is 1.96. The molecule has 1 aromatic heterocycles. The van der Waals surface area contributed by atoms with Crippen LogP contribution in [0.15, 0.2) is 30.6 Å². The molecule has 0 aliphatic rings. The first-order valence-electron chi connectivity index (χ1n) is 4.63. The third-order valence-electron chi connectivity index (χ3n) is 2.27. The van der Waals surface area contributed by atoms with E-state index in [0.717, 1.165) is 0 Å². The van der Waals surface area contributed by atoms with Gasteiger partial charge in [0.05, 0.1) is 23.9 Å².